The van der Waals surface area contributed by atoms with Crippen molar-refractivity contribution in [3.8, 4) is 22.3 Å². The summed E-state index contributed by atoms with van der Waals surface area (Å²) in [6.07, 6.45) is 0. The monoisotopic (exact) mass is 729 g/mol. The van der Waals surface area contributed by atoms with Gasteiger partial charge in [0.2, 0.25) is 0 Å². The van der Waals surface area contributed by atoms with Gasteiger partial charge < -0.3 is 9.32 Å². The minimum atomic E-state index is -0.206. The second-order valence-corrected chi connectivity index (χ2v) is 18.8. The number of nitrogens with zero attached hydrogens (tertiary/aromatic N) is 1. The van der Waals surface area contributed by atoms with Crippen molar-refractivity contribution in [2.24, 2.45) is 0 Å². The molecule has 0 aliphatic heterocycles. The molecule has 3 heteroatoms. The van der Waals surface area contributed by atoms with Gasteiger partial charge in [0, 0.05) is 64.4 Å². The molecule has 2 aliphatic rings. The van der Waals surface area contributed by atoms with Crippen molar-refractivity contribution in [2.45, 2.75) is 64.7 Å². The number of rotatable bonds is 3. The number of anilines is 3. The Balaban J connectivity index is 1.13. The molecule has 0 saturated carbocycles. The number of benzene rings is 7. The van der Waals surface area contributed by atoms with Gasteiger partial charge in [-0.25, -0.2) is 0 Å². The largest absolute Gasteiger partial charge is 0.456 e. The van der Waals surface area contributed by atoms with E-state index in [1.807, 2.05) is 11.3 Å². The van der Waals surface area contributed by atoms with E-state index in [2.05, 4.69) is 187 Å². The third kappa shape index (κ3) is 4.48. The fourth-order valence-corrected chi connectivity index (χ4v) is 11.1. The molecule has 0 bridgehead atoms. The second kappa shape index (κ2) is 11.0. The second-order valence-electron chi connectivity index (χ2n) is 17.8. The highest BCUT2D eigenvalue weighted by Crippen LogP contribution is 2.56. The Bertz CT molecular complexity index is 3090. The van der Waals surface area contributed by atoms with Crippen LogP contribution in [0.25, 0.3) is 64.4 Å². The normalized spacial score (nSPS) is 15.1. The Morgan fingerprint density at radius 3 is 1.93 bits per heavy atom. The number of hydrogen-bond acceptors (Lipinski definition) is 3. The van der Waals surface area contributed by atoms with Crippen molar-refractivity contribution >= 4 is 70.5 Å². The lowest BCUT2D eigenvalue weighted by Gasteiger charge is -2.29. The van der Waals surface area contributed by atoms with Crippen LogP contribution in [0.5, 0.6) is 0 Å². The molecule has 55 heavy (non-hydrogen) atoms. The standard InChI is InChI=1S/C52H43NOS/c1-50(2,3)41-17-12-15-38-48-44(54-49(38)41)26-25-40-47(48)37-24-21-31(28-43(37)52(40,6)7)53(32-20-23-36-35-14-9-11-18-45(35)55-46(36)29-32)30-19-22-34-33-13-8-10-16-39(33)51(4,5)42(34)27-30/h8-29H,1-7H3. The first-order valence-electron chi connectivity index (χ1n) is 19.5. The highest BCUT2D eigenvalue weighted by Gasteiger charge is 2.39. The lowest BCUT2D eigenvalue weighted by molar-refractivity contribution is 0.573. The van der Waals surface area contributed by atoms with Crippen LogP contribution in [-0.2, 0) is 16.2 Å². The maximum Gasteiger partial charge on any atom is 0.139 e. The summed E-state index contributed by atoms with van der Waals surface area (Å²) in [6.45, 7) is 16.3. The minimum Gasteiger partial charge on any atom is -0.456 e. The predicted octanol–water partition coefficient (Wildman–Crippen LogP) is 15.3. The van der Waals surface area contributed by atoms with Crippen molar-refractivity contribution in [2.75, 3.05) is 4.90 Å². The van der Waals surface area contributed by atoms with E-state index in [-0.39, 0.29) is 16.2 Å². The van der Waals surface area contributed by atoms with Gasteiger partial charge >= 0.3 is 0 Å². The van der Waals surface area contributed by atoms with Crippen LogP contribution in [0.2, 0.25) is 0 Å². The number of thiophene rings is 1. The molecule has 0 saturated heterocycles. The average Bonchev–Trinajstić information content (AvgIpc) is 3.87. The fraction of sp³-hybridized carbons (Fsp3) is 0.192. The van der Waals surface area contributed by atoms with Gasteiger partial charge in [0.05, 0.1) is 0 Å². The molecule has 0 amide bonds. The quantitative estimate of drug-likeness (QED) is 0.180. The molecular weight excluding hydrogens is 687 g/mol. The van der Waals surface area contributed by atoms with Crippen LogP contribution in [0, 0.1) is 0 Å². The predicted molar refractivity (Wildman–Crippen MR) is 235 cm³/mol. The summed E-state index contributed by atoms with van der Waals surface area (Å²) in [5.41, 5.74) is 17.1. The summed E-state index contributed by atoms with van der Waals surface area (Å²) in [5.74, 6) is 0. The first-order valence-corrected chi connectivity index (χ1v) is 20.3. The third-order valence-corrected chi connectivity index (χ3v) is 13.9. The smallest absolute Gasteiger partial charge is 0.139 e. The fourth-order valence-electron chi connectivity index (χ4n) is 9.96. The van der Waals surface area contributed by atoms with Gasteiger partial charge in [-0.05, 0) is 98.5 Å². The molecule has 0 unspecified atom stereocenters. The summed E-state index contributed by atoms with van der Waals surface area (Å²) in [5, 5.41) is 5.06. The summed E-state index contributed by atoms with van der Waals surface area (Å²) in [7, 11) is 0. The third-order valence-electron chi connectivity index (χ3n) is 12.8. The lowest BCUT2D eigenvalue weighted by Crippen LogP contribution is -2.18. The van der Waals surface area contributed by atoms with E-state index in [0.717, 1.165) is 16.9 Å². The van der Waals surface area contributed by atoms with Crippen LogP contribution in [-0.4, -0.2) is 0 Å². The summed E-state index contributed by atoms with van der Waals surface area (Å²) < 4.78 is 9.35. The van der Waals surface area contributed by atoms with E-state index in [9.17, 15) is 0 Å². The number of hydrogen-bond donors (Lipinski definition) is 0. The molecule has 0 fully saturated rings. The topological polar surface area (TPSA) is 16.4 Å². The zero-order chi connectivity index (χ0) is 37.6. The lowest BCUT2D eigenvalue weighted by atomic mass is 9.81. The van der Waals surface area contributed by atoms with Crippen molar-refractivity contribution < 1.29 is 4.42 Å². The highest BCUT2D eigenvalue weighted by atomic mass is 32.1. The van der Waals surface area contributed by atoms with Gasteiger partial charge in [-0.3, -0.25) is 0 Å². The zero-order valence-corrected chi connectivity index (χ0v) is 33.3. The summed E-state index contributed by atoms with van der Waals surface area (Å²) in [6, 6.07) is 50.2. The minimum absolute atomic E-state index is 0.0273. The Labute approximate surface area is 326 Å². The highest BCUT2D eigenvalue weighted by molar-refractivity contribution is 7.25. The zero-order valence-electron chi connectivity index (χ0n) is 32.5. The maximum absolute atomic E-state index is 6.72. The number of fused-ring (bicyclic) bond motifs is 13. The van der Waals surface area contributed by atoms with Crippen LogP contribution in [0.15, 0.2) is 138 Å². The molecule has 0 N–H and O–H groups in total. The van der Waals surface area contributed by atoms with Crippen LogP contribution in [0.1, 0.15) is 76.3 Å². The molecule has 7 aromatic carbocycles. The average molecular weight is 730 g/mol. The van der Waals surface area contributed by atoms with Crippen molar-refractivity contribution in [3.63, 3.8) is 0 Å². The Morgan fingerprint density at radius 1 is 0.509 bits per heavy atom. The number of para-hydroxylation sites is 1. The van der Waals surface area contributed by atoms with Crippen LogP contribution in [0.3, 0.4) is 0 Å². The molecule has 2 heterocycles. The first-order chi connectivity index (χ1) is 26.4. The Hall–Kier alpha value is -5.64. The van der Waals surface area contributed by atoms with Crippen molar-refractivity contribution in [1.82, 2.24) is 0 Å². The van der Waals surface area contributed by atoms with Crippen LogP contribution in [0.4, 0.5) is 17.1 Å². The van der Waals surface area contributed by atoms with Crippen molar-refractivity contribution in [3.05, 3.63) is 161 Å². The van der Waals surface area contributed by atoms with Crippen molar-refractivity contribution in [1.29, 1.82) is 0 Å². The molecule has 268 valence electrons. The molecular formula is C52H43NOS. The van der Waals surface area contributed by atoms with E-state index in [0.29, 0.717) is 0 Å². The van der Waals surface area contributed by atoms with E-state index in [4.69, 9.17) is 4.42 Å². The summed E-state index contributed by atoms with van der Waals surface area (Å²) in [4.78, 5) is 2.49. The van der Waals surface area contributed by atoms with E-state index in [1.165, 1.54) is 92.4 Å². The molecule has 0 atom stereocenters. The van der Waals surface area contributed by atoms with Gasteiger partial charge in [0.1, 0.15) is 11.2 Å². The Kier molecular flexibility index (Phi) is 6.54. The molecule has 2 aromatic heterocycles. The van der Waals surface area contributed by atoms with Gasteiger partial charge in [0.25, 0.3) is 0 Å². The Morgan fingerprint density at radius 2 is 1.13 bits per heavy atom. The maximum atomic E-state index is 6.72. The van der Waals surface area contributed by atoms with E-state index >= 15 is 0 Å². The van der Waals surface area contributed by atoms with Crippen LogP contribution < -0.4 is 4.90 Å². The molecule has 11 rings (SSSR count). The molecule has 9 aromatic rings. The van der Waals surface area contributed by atoms with Crippen LogP contribution >= 0.6 is 11.3 Å². The van der Waals surface area contributed by atoms with E-state index < -0.39 is 0 Å². The first kappa shape index (κ1) is 32.8. The van der Waals surface area contributed by atoms with E-state index in [1.54, 1.807) is 0 Å². The molecule has 0 spiro atoms. The van der Waals surface area contributed by atoms with Gasteiger partial charge in [-0.2, -0.15) is 0 Å². The van der Waals surface area contributed by atoms with Gasteiger partial charge in [-0.1, -0.05) is 133 Å². The molecule has 0 radical (unpaired) electrons. The summed E-state index contributed by atoms with van der Waals surface area (Å²) >= 11 is 1.88. The van der Waals surface area contributed by atoms with Gasteiger partial charge in [0.15, 0.2) is 0 Å². The number of furan rings is 1. The SMILES string of the molecule is CC(C)(C)c1cccc2c1oc1ccc3c(c12)-c1ccc(N(c2ccc4c(c2)C(C)(C)c2ccccc2-4)c2ccc4c(c2)sc2ccccc24)cc1C3(C)C. The van der Waals surface area contributed by atoms with Gasteiger partial charge in [-0.15, -0.1) is 11.3 Å². The molecule has 2 aliphatic carbocycles. The molecule has 2 nitrogen and oxygen atoms in total.